The number of benzene rings is 3. The molecule has 0 unspecified atom stereocenters. The van der Waals surface area contributed by atoms with E-state index in [-0.39, 0.29) is 73.1 Å². The fourth-order valence-corrected chi connectivity index (χ4v) is 7.54. The van der Waals surface area contributed by atoms with Gasteiger partial charge < -0.3 is 44.4 Å². The number of hydrogen-bond acceptors (Lipinski definition) is 13. The van der Waals surface area contributed by atoms with Crippen LogP contribution in [0, 0.1) is 30.6 Å². The molecule has 8 atom stereocenters. The molecule has 14 nitrogen and oxygen atoms in total. The number of carbonyl (C=O) groups excluding carboxylic acids is 2. The number of aliphatic hydroxyl groups excluding tert-OH is 3. The van der Waals surface area contributed by atoms with Crippen LogP contribution in [0.1, 0.15) is 60.5 Å². The van der Waals surface area contributed by atoms with Crippen molar-refractivity contribution in [3.8, 4) is 11.5 Å². The number of aromatic hydroxyl groups is 1. The van der Waals surface area contributed by atoms with Crippen molar-refractivity contribution in [3.05, 3.63) is 85.6 Å². The van der Waals surface area contributed by atoms with E-state index in [4.69, 9.17) is 18.6 Å². The van der Waals surface area contributed by atoms with Gasteiger partial charge in [-0.2, -0.15) is 0 Å². The zero-order chi connectivity index (χ0) is 41.0. The second kappa shape index (κ2) is 15.1. The Hall–Kier alpha value is -5.73. The zero-order valence-electron chi connectivity index (χ0n) is 32.4. The number of rotatable bonds is 1. The number of carbonyl (C=O) groups is 2. The van der Waals surface area contributed by atoms with Gasteiger partial charge in [0.2, 0.25) is 10.9 Å². The van der Waals surface area contributed by atoms with E-state index in [0.29, 0.717) is 0 Å². The number of amides is 1. The van der Waals surface area contributed by atoms with Gasteiger partial charge in [-0.3, -0.25) is 19.2 Å². The van der Waals surface area contributed by atoms with E-state index in [0.717, 1.165) is 0 Å². The molecule has 3 aliphatic rings. The number of esters is 1. The number of phenols is 1. The number of fused-ring (bicyclic) bond motifs is 14. The van der Waals surface area contributed by atoms with Gasteiger partial charge in [0.15, 0.2) is 22.4 Å². The summed E-state index contributed by atoms with van der Waals surface area (Å²) in [5, 5.41) is 48.3. The predicted molar refractivity (Wildman–Crippen MR) is 209 cm³/mol. The van der Waals surface area contributed by atoms with Crippen LogP contribution in [-0.4, -0.2) is 61.4 Å². The molecule has 56 heavy (non-hydrogen) atoms. The number of nitrogens with zero attached hydrogens (tertiary/aromatic N) is 1. The lowest BCUT2D eigenvalue weighted by Crippen LogP contribution is -2.44. The Bertz CT molecular complexity index is 2540. The van der Waals surface area contributed by atoms with Gasteiger partial charge in [0, 0.05) is 48.1 Å². The number of phenolic OH excluding ortho intramolecular Hbond substituents is 1. The molecule has 3 aliphatic heterocycles. The summed E-state index contributed by atoms with van der Waals surface area (Å²) in [6.07, 6.45) is 5.08. The molecule has 4 heterocycles. The summed E-state index contributed by atoms with van der Waals surface area (Å²) in [7, 11) is 0. The molecule has 0 aliphatic carbocycles. The lowest BCUT2D eigenvalue weighted by molar-refractivity contribution is -0.157. The lowest BCUT2D eigenvalue weighted by atomic mass is 9.79. The first kappa shape index (κ1) is 39.9. The standard InChI is InChI=1S/C42H46N2O12/c1-18-12-9-13-20(3)41(52)44-32-36(50)28-27(31-39(32)55-26-16-10-15-25(46)30(26)43-31)29-38(23(6)35(28)49)56-42(8,40(29)51)53-17-11-14-19(2)37(54-24(7)45)22(5)34(48)21(4)33(18)47/h9-13,15-19,21-22,33-34,37,47-49,51H,14H2,1-8H3,(H,44,52)/b12-9+,17-11+,20-13-/t18-,19+,21+,22+,33-,34+,37+,42-/m0/s1. The van der Waals surface area contributed by atoms with Crippen LogP contribution in [0.5, 0.6) is 11.5 Å². The molecule has 0 radical (unpaired) electrons. The third-order valence-electron chi connectivity index (χ3n) is 10.9. The second-order valence-corrected chi connectivity index (χ2v) is 15.0. The highest BCUT2D eigenvalue weighted by atomic mass is 16.7. The zero-order valence-corrected chi connectivity index (χ0v) is 32.4. The fraction of sp³-hybridized carbons (Fsp3) is 0.405. The second-order valence-electron chi connectivity index (χ2n) is 15.0. The largest absolute Gasteiger partial charge is 0.507 e. The molecular formula is C42H46N2O12. The predicted octanol–water partition coefficient (Wildman–Crippen LogP) is 4.94. The van der Waals surface area contributed by atoms with Crippen molar-refractivity contribution in [3.63, 3.8) is 0 Å². The fourth-order valence-electron chi connectivity index (χ4n) is 7.54. The van der Waals surface area contributed by atoms with Crippen LogP contribution in [0.2, 0.25) is 0 Å². The van der Waals surface area contributed by atoms with Gasteiger partial charge in [-0.15, -0.1) is 0 Å². The van der Waals surface area contributed by atoms with Gasteiger partial charge in [0.1, 0.15) is 28.8 Å². The average molecular weight is 771 g/mol. The van der Waals surface area contributed by atoms with E-state index in [2.05, 4.69) is 10.3 Å². The minimum atomic E-state index is -1.89. The van der Waals surface area contributed by atoms with Crippen LogP contribution in [0.3, 0.4) is 0 Å². The van der Waals surface area contributed by atoms with E-state index >= 15 is 0 Å². The maximum atomic E-state index is 14.4. The molecule has 14 heteroatoms. The van der Waals surface area contributed by atoms with Gasteiger partial charge in [-0.05, 0) is 44.4 Å². The maximum absolute atomic E-state index is 14.4. The van der Waals surface area contributed by atoms with Crippen molar-refractivity contribution in [2.75, 3.05) is 5.32 Å². The minimum Gasteiger partial charge on any atom is -0.507 e. The first-order chi connectivity index (χ1) is 26.4. The lowest BCUT2D eigenvalue weighted by Gasteiger charge is -2.36. The Labute approximate surface area is 321 Å². The van der Waals surface area contributed by atoms with E-state index < -0.39 is 76.1 Å². The molecule has 0 spiro atoms. The maximum Gasteiger partial charge on any atom is 0.307 e. The third-order valence-corrected chi connectivity index (χ3v) is 10.9. The summed E-state index contributed by atoms with van der Waals surface area (Å²) in [6.45, 7) is 12.7. The Morgan fingerprint density at radius 3 is 2.41 bits per heavy atom. The molecule has 0 saturated carbocycles. The highest BCUT2D eigenvalue weighted by Gasteiger charge is 2.43. The van der Waals surface area contributed by atoms with Crippen molar-refractivity contribution in [2.24, 2.45) is 23.7 Å². The molecule has 0 saturated heterocycles. The van der Waals surface area contributed by atoms with Crippen molar-refractivity contribution in [1.29, 1.82) is 0 Å². The summed E-state index contributed by atoms with van der Waals surface area (Å²) in [5.41, 5.74) is -1.94. The Kier molecular flexibility index (Phi) is 10.8. The van der Waals surface area contributed by atoms with Gasteiger partial charge in [0.25, 0.3) is 5.91 Å². The molecule has 5 N–H and O–H groups in total. The smallest absolute Gasteiger partial charge is 0.307 e. The van der Waals surface area contributed by atoms with Crippen LogP contribution >= 0.6 is 0 Å². The first-order valence-corrected chi connectivity index (χ1v) is 18.4. The number of hydrogen-bond donors (Lipinski definition) is 5. The molecule has 4 aromatic rings. The van der Waals surface area contributed by atoms with E-state index in [9.17, 15) is 39.6 Å². The van der Waals surface area contributed by atoms with Crippen molar-refractivity contribution in [2.45, 2.75) is 85.9 Å². The number of nitrogens with one attached hydrogen (secondary N) is 1. The SMILES string of the molecule is CC(=O)O[C@H]1[C@H](C)[C@H](O)[C@H](C)[C@@H](O)[C@@H](C)/C=C/C=C(/C)C(=O)Nc2c(=O)c3c(O)c(C)c4c(c3c3nc5c(=O)cccc5oc23)=C(O)[C@@](C)(O/C=C/C[C@H]1C)O4. The average Bonchev–Trinajstić information content (AvgIpc) is 3.42. The van der Waals surface area contributed by atoms with Gasteiger partial charge in [-0.1, -0.05) is 52.0 Å². The van der Waals surface area contributed by atoms with E-state index in [1.165, 1.54) is 58.2 Å². The van der Waals surface area contributed by atoms with Crippen molar-refractivity contribution >= 4 is 56.3 Å². The van der Waals surface area contributed by atoms with Crippen LogP contribution in [-0.2, 0) is 19.1 Å². The summed E-state index contributed by atoms with van der Waals surface area (Å²) >= 11 is 0. The highest BCUT2D eigenvalue weighted by Crippen LogP contribution is 2.42. The Morgan fingerprint density at radius 1 is 1.00 bits per heavy atom. The van der Waals surface area contributed by atoms with Crippen molar-refractivity contribution in [1.82, 2.24) is 4.98 Å². The van der Waals surface area contributed by atoms with E-state index in [1.54, 1.807) is 39.0 Å². The van der Waals surface area contributed by atoms with Crippen molar-refractivity contribution < 1.29 is 48.6 Å². The Morgan fingerprint density at radius 2 is 1.71 bits per heavy atom. The number of aromatic nitrogens is 1. The van der Waals surface area contributed by atoms with Crippen LogP contribution in [0.4, 0.5) is 5.69 Å². The van der Waals surface area contributed by atoms with E-state index in [1.807, 2.05) is 6.92 Å². The molecule has 5 bridgehead atoms. The summed E-state index contributed by atoms with van der Waals surface area (Å²) < 4.78 is 24.0. The van der Waals surface area contributed by atoms with Gasteiger partial charge in [-0.25, -0.2) is 4.98 Å². The molecule has 7 rings (SSSR count). The topological polar surface area (TPSA) is 215 Å². The monoisotopic (exact) mass is 770 g/mol. The molecule has 0 fully saturated rings. The molecule has 1 aromatic heterocycles. The molecule has 1 amide bonds. The van der Waals surface area contributed by atoms with Gasteiger partial charge >= 0.3 is 11.8 Å². The minimum absolute atomic E-state index is 0.0183. The molecule has 296 valence electrons. The number of allylic oxidation sites excluding steroid dienone is 3. The number of para-hydroxylation sites is 1. The number of aliphatic hydroxyl groups is 3. The summed E-state index contributed by atoms with van der Waals surface area (Å²) in [6, 6.07) is 4.21. The summed E-state index contributed by atoms with van der Waals surface area (Å²) in [5.74, 6) is -6.25. The summed E-state index contributed by atoms with van der Waals surface area (Å²) in [4.78, 5) is 57.8. The highest BCUT2D eigenvalue weighted by molar-refractivity contribution is 6.16. The van der Waals surface area contributed by atoms with Crippen LogP contribution < -0.4 is 26.1 Å². The molecular weight excluding hydrogens is 724 g/mol. The first-order valence-electron chi connectivity index (χ1n) is 18.4. The quantitative estimate of drug-likeness (QED) is 0.0987. The van der Waals surface area contributed by atoms with Crippen LogP contribution in [0.15, 0.2) is 68.3 Å². The molecule has 3 aromatic carbocycles. The van der Waals surface area contributed by atoms with Crippen LogP contribution in [0.25, 0.3) is 38.7 Å². The normalized spacial score (nSPS) is 29.8. The number of anilines is 1. The number of ether oxygens (including phenoxy) is 3. The third kappa shape index (κ3) is 6.87. The Balaban J connectivity index is 1.60. The van der Waals surface area contributed by atoms with Gasteiger partial charge in [0.05, 0.1) is 29.1 Å².